The molecule has 0 spiro atoms. The van der Waals surface area contributed by atoms with Crippen molar-refractivity contribution in [2.45, 2.75) is 94.8 Å². The number of rotatable bonds is 9. The molecule has 63 heavy (non-hydrogen) atoms. The van der Waals surface area contributed by atoms with Crippen LogP contribution in [0.4, 0.5) is 34.1 Å². The summed E-state index contributed by atoms with van der Waals surface area (Å²) in [6.45, 7) is 4.80. The molecule has 0 heterocycles. The fraction of sp³-hybridized carbons (Fsp3) is 0.311. The normalized spacial score (nSPS) is 24.2. The van der Waals surface area contributed by atoms with Crippen LogP contribution in [0.3, 0.4) is 0 Å². The summed E-state index contributed by atoms with van der Waals surface area (Å²) in [6.07, 6.45) is 13.6. The van der Waals surface area contributed by atoms with E-state index in [2.05, 4.69) is 200 Å². The summed E-state index contributed by atoms with van der Waals surface area (Å²) in [4.78, 5) is 4.98. The molecule has 5 fully saturated rings. The van der Waals surface area contributed by atoms with Gasteiger partial charge >= 0.3 is 0 Å². The number of benzene rings is 7. The maximum absolute atomic E-state index is 2.57. The fourth-order valence-electron chi connectivity index (χ4n) is 14.1. The molecule has 0 atom stereocenters. The highest BCUT2D eigenvalue weighted by atomic mass is 15.1. The van der Waals surface area contributed by atoms with Crippen molar-refractivity contribution in [1.82, 2.24) is 0 Å². The molecule has 13 rings (SSSR count). The van der Waals surface area contributed by atoms with Crippen molar-refractivity contribution < 1.29 is 0 Å². The molecule has 0 aromatic heterocycles. The van der Waals surface area contributed by atoms with Crippen LogP contribution in [0.5, 0.6) is 0 Å². The van der Waals surface area contributed by atoms with Crippen LogP contribution in [-0.2, 0) is 10.8 Å². The Kier molecular flexibility index (Phi) is 9.51. The van der Waals surface area contributed by atoms with Crippen molar-refractivity contribution in [3.05, 3.63) is 204 Å². The molecule has 0 saturated heterocycles. The second-order valence-electron chi connectivity index (χ2n) is 20.4. The Morgan fingerprint density at radius 1 is 0.413 bits per heavy atom. The second kappa shape index (κ2) is 15.4. The van der Waals surface area contributed by atoms with Crippen LogP contribution in [0.2, 0.25) is 0 Å². The fourth-order valence-corrected chi connectivity index (χ4v) is 14.1. The summed E-state index contributed by atoms with van der Waals surface area (Å²) in [6, 6.07) is 67.4. The zero-order valence-electron chi connectivity index (χ0n) is 37.1. The number of anilines is 6. The minimum absolute atomic E-state index is 0.00175. The third-order valence-electron chi connectivity index (χ3n) is 16.7. The molecule has 0 aliphatic heterocycles. The van der Waals surface area contributed by atoms with Crippen LogP contribution >= 0.6 is 0 Å². The van der Waals surface area contributed by atoms with Crippen molar-refractivity contribution in [3.8, 4) is 11.1 Å². The molecule has 7 aromatic carbocycles. The van der Waals surface area contributed by atoms with Gasteiger partial charge in [0, 0.05) is 44.8 Å². The Labute approximate surface area is 375 Å². The Balaban J connectivity index is 0.976. The Hall–Kier alpha value is -5.86. The predicted molar refractivity (Wildman–Crippen MR) is 263 cm³/mol. The van der Waals surface area contributed by atoms with Crippen molar-refractivity contribution >= 4 is 34.1 Å². The topological polar surface area (TPSA) is 6.48 Å². The van der Waals surface area contributed by atoms with Crippen LogP contribution in [-0.4, -0.2) is 0 Å². The largest absolute Gasteiger partial charge is 0.311 e. The minimum atomic E-state index is -0.0665. The summed E-state index contributed by atoms with van der Waals surface area (Å²) >= 11 is 0. The highest BCUT2D eigenvalue weighted by molar-refractivity contribution is 5.95. The maximum Gasteiger partial charge on any atom is 0.0543 e. The van der Waals surface area contributed by atoms with Gasteiger partial charge in [-0.25, -0.2) is 0 Å². The van der Waals surface area contributed by atoms with Gasteiger partial charge in [-0.2, -0.15) is 0 Å². The zero-order chi connectivity index (χ0) is 42.1. The van der Waals surface area contributed by atoms with Crippen molar-refractivity contribution in [2.24, 2.45) is 23.7 Å². The van der Waals surface area contributed by atoms with E-state index >= 15 is 0 Å². The van der Waals surface area contributed by atoms with E-state index in [0.717, 1.165) is 11.8 Å². The van der Waals surface area contributed by atoms with E-state index in [0.29, 0.717) is 17.8 Å². The first-order valence-electron chi connectivity index (χ1n) is 24.2. The number of para-hydroxylation sites is 2. The monoisotopic (exact) mass is 820 g/mol. The molecule has 6 aliphatic rings. The standard InChI is InChI=1S/C61H60N2/c1-60(2)56-22-13-12-21-55(56)59-57(60)23-14-24-58(59)63(53-31-25-45(26-32-53)44-15-6-3-7-16-44)54-35-29-47(30-36-54)61(48-38-42-37-43(40-48)41-49(61)39-42)46-27-33-52(34-28-46)62(50-17-8-4-9-18-50)51-19-10-5-11-20-51/h4-5,8-14,17-36,42-44,48-49H,3,6-7,15-16,37-41H2,1-2H3. The number of nitrogens with zero attached hydrogens (tertiary/aromatic N) is 2. The molecule has 314 valence electrons. The molecule has 0 N–H and O–H groups in total. The average Bonchev–Trinajstić information content (AvgIpc) is 3.57. The van der Waals surface area contributed by atoms with Crippen LogP contribution < -0.4 is 9.80 Å². The van der Waals surface area contributed by atoms with E-state index in [1.165, 1.54) is 137 Å². The molecule has 5 saturated carbocycles. The molecule has 4 bridgehead atoms. The quantitative estimate of drug-likeness (QED) is 0.143. The lowest BCUT2D eigenvalue weighted by Gasteiger charge is -2.62. The van der Waals surface area contributed by atoms with Gasteiger partial charge in [0.2, 0.25) is 0 Å². The number of hydrogen-bond acceptors (Lipinski definition) is 2. The molecule has 0 amide bonds. The van der Waals surface area contributed by atoms with E-state index < -0.39 is 0 Å². The first kappa shape index (κ1) is 38.8. The van der Waals surface area contributed by atoms with Gasteiger partial charge in [-0.3, -0.25) is 0 Å². The molecule has 6 aliphatic carbocycles. The van der Waals surface area contributed by atoms with Gasteiger partial charge in [0.25, 0.3) is 0 Å². The van der Waals surface area contributed by atoms with Crippen molar-refractivity contribution in [1.29, 1.82) is 0 Å². The first-order chi connectivity index (χ1) is 31.0. The summed E-state index contributed by atoms with van der Waals surface area (Å²) in [5, 5.41) is 0. The lowest BCUT2D eigenvalue weighted by molar-refractivity contribution is -0.0418. The van der Waals surface area contributed by atoms with Crippen molar-refractivity contribution in [2.75, 3.05) is 9.80 Å². The summed E-state index contributed by atoms with van der Waals surface area (Å²) in [5.74, 6) is 3.75. The lowest BCUT2D eigenvalue weighted by atomic mass is 9.42. The van der Waals surface area contributed by atoms with Gasteiger partial charge in [0.1, 0.15) is 0 Å². The molecule has 0 radical (unpaired) electrons. The Morgan fingerprint density at radius 3 is 1.46 bits per heavy atom. The van der Waals surface area contributed by atoms with Crippen LogP contribution in [0.15, 0.2) is 176 Å². The maximum atomic E-state index is 2.57. The molecule has 2 heteroatoms. The summed E-state index contributed by atoms with van der Waals surface area (Å²) in [5.41, 5.74) is 17.3. The van der Waals surface area contributed by atoms with Crippen molar-refractivity contribution in [3.63, 3.8) is 0 Å². The number of hydrogen-bond donors (Lipinski definition) is 0. The van der Waals surface area contributed by atoms with E-state index in [1.54, 1.807) is 0 Å². The number of fused-ring (bicyclic) bond motifs is 3. The van der Waals surface area contributed by atoms with Crippen LogP contribution in [0.1, 0.15) is 112 Å². The summed E-state index contributed by atoms with van der Waals surface area (Å²) in [7, 11) is 0. The van der Waals surface area contributed by atoms with Gasteiger partial charge < -0.3 is 9.80 Å². The van der Waals surface area contributed by atoms with Gasteiger partial charge in [-0.1, -0.05) is 142 Å². The van der Waals surface area contributed by atoms with Gasteiger partial charge in [-0.15, -0.1) is 0 Å². The minimum Gasteiger partial charge on any atom is -0.311 e. The van der Waals surface area contributed by atoms with Crippen LogP contribution in [0.25, 0.3) is 11.1 Å². The lowest BCUT2D eigenvalue weighted by Crippen LogP contribution is -2.56. The van der Waals surface area contributed by atoms with E-state index in [-0.39, 0.29) is 10.8 Å². The average molecular weight is 821 g/mol. The Morgan fingerprint density at radius 2 is 0.889 bits per heavy atom. The van der Waals surface area contributed by atoms with Gasteiger partial charge in [-0.05, 0) is 175 Å². The SMILES string of the molecule is CC1(C)c2ccccc2-c2c(N(c3ccc(C4CCCCC4)cc3)c3ccc(C4(c5ccc(N(c6ccccc6)c6ccccc6)cc5)C5CC6CC(C5)CC4C6)cc3)cccc21. The summed E-state index contributed by atoms with van der Waals surface area (Å²) < 4.78 is 0. The molecule has 2 nitrogen and oxygen atoms in total. The van der Waals surface area contributed by atoms with Gasteiger partial charge in [0.05, 0.1) is 5.69 Å². The highest BCUT2D eigenvalue weighted by Crippen LogP contribution is 2.65. The van der Waals surface area contributed by atoms with E-state index in [1.807, 2.05) is 0 Å². The third-order valence-corrected chi connectivity index (χ3v) is 16.7. The predicted octanol–water partition coefficient (Wildman–Crippen LogP) is 16.7. The molecular weight excluding hydrogens is 761 g/mol. The molecular formula is C61H60N2. The molecule has 0 unspecified atom stereocenters. The van der Waals surface area contributed by atoms with Crippen LogP contribution in [0, 0.1) is 23.7 Å². The Bertz CT molecular complexity index is 2660. The third kappa shape index (κ3) is 6.34. The smallest absolute Gasteiger partial charge is 0.0543 e. The highest BCUT2D eigenvalue weighted by Gasteiger charge is 2.58. The van der Waals surface area contributed by atoms with E-state index in [4.69, 9.17) is 0 Å². The zero-order valence-corrected chi connectivity index (χ0v) is 37.1. The first-order valence-corrected chi connectivity index (χ1v) is 24.2. The van der Waals surface area contributed by atoms with E-state index in [9.17, 15) is 0 Å². The van der Waals surface area contributed by atoms with Gasteiger partial charge in [0.15, 0.2) is 0 Å². The molecule has 7 aromatic rings. The second-order valence-corrected chi connectivity index (χ2v) is 20.4.